The number of halogens is 1. The Balaban J connectivity index is 1.99. The number of amides is 2. The molecule has 3 aromatic rings. The lowest BCUT2D eigenvalue weighted by molar-refractivity contribution is -0.127. The van der Waals surface area contributed by atoms with Crippen molar-refractivity contribution in [3.63, 3.8) is 0 Å². The molecule has 0 saturated heterocycles. The quantitative estimate of drug-likeness (QED) is 0.467. The maximum Gasteiger partial charge on any atom is 0.286 e. The normalized spacial score (nSPS) is 12.1. The Bertz CT molecular complexity index is 1390. The summed E-state index contributed by atoms with van der Waals surface area (Å²) in [5.41, 5.74) is 1.55. The number of carbonyl (C=O) groups excluding carboxylic acids is 2. The lowest BCUT2D eigenvalue weighted by Crippen LogP contribution is -2.36. The van der Waals surface area contributed by atoms with Gasteiger partial charge < -0.3 is 15.4 Å². The lowest BCUT2D eigenvalue weighted by Gasteiger charge is -2.18. The third kappa shape index (κ3) is 5.76. The van der Waals surface area contributed by atoms with E-state index in [1.54, 1.807) is 6.92 Å². The Hall–Kier alpha value is -3.80. The Labute approximate surface area is 196 Å². The highest BCUT2D eigenvalue weighted by molar-refractivity contribution is 7.92. The van der Waals surface area contributed by atoms with Crippen molar-refractivity contribution in [2.75, 3.05) is 24.4 Å². The molecule has 2 aromatic heterocycles. The van der Waals surface area contributed by atoms with Crippen LogP contribution in [0.4, 0.5) is 15.9 Å². The zero-order valence-electron chi connectivity index (χ0n) is 19.2. The number of benzene rings is 1. The Morgan fingerprint density at radius 2 is 2.12 bits per heavy atom. The summed E-state index contributed by atoms with van der Waals surface area (Å²) in [5.74, 6) is -1.18. The van der Waals surface area contributed by atoms with Crippen LogP contribution < -0.4 is 15.4 Å². The van der Waals surface area contributed by atoms with E-state index < -0.39 is 33.5 Å². The highest BCUT2D eigenvalue weighted by Gasteiger charge is 2.20. The number of anilines is 2. The van der Waals surface area contributed by atoms with Gasteiger partial charge in [0.25, 0.3) is 11.8 Å². The average Bonchev–Trinajstić information content (AvgIpc) is 3.10. The second-order valence-corrected chi connectivity index (χ2v) is 10.3. The molecule has 0 unspecified atom stereocenters. The number of rotatable bonds is 8. The second kappa shape index (κ2) is 10.00. The van der Waals surface area contributed by atoms with Gasteiger partial charge >= 0.3 is 0 Å². The number of aryl methyl sites for hydroxylation is 1. The van der Waals surface area contributed by atoms with Gasteiger partial charge in [0, 0.05) is 41.0 Å². The highest BCUT2D eigenvalue weighted by atomic mass is 32.2. The first-order chi connectivity index (χ1) is 16.0. The van der Waals surface area contributed by atoms with E-state index in [0.717, 1.165) is 6.07 Å². The Kier molecular flexibility index (Phi) is 7.30. The first-order valence-corrected chi connectivity index (χ1v) is 12.5. The predicted molar refractivity (Wildman–Crippen MR) is 127 cm³/mol. The number of hydrogen-bond acceptors (Lipinski definition) is 7. The molecule has 2 amide bonds. The summed E-state index contributed by atoms with van der Waals surface area (Å²) in [5, 5.41) is 9.81. The molecule has 0 saturated carbocycles. The third-order valence-electron chi connectivity index (χ3n) is 4.65. The summed E-state index contributed by atoms with van der Waals surface area (Å²) in [6.07, 6.45) is 6.12. The summed E-state index contributed by atoms with van der Waals surface area (Å²) in [6, 6.07) is 3.82. The molecule has 10 nitrogen and oxygen atoms in total. The van der Waals surface area contributed by atoms with Crippen molar-refractivity contribution in [3.8, 4) is 5.75 Å². The molecular formula is C22H25FN6O4S. The standard InChI is InChI=1S/C22H25FN6O4S/c1-6-9-24-21(30)14(3)33-18-10-15(23)7-8-17(18)27-20-19-13(2)16(11-29(19)26-12-25-20)22(31)28-34(4,5)32/h6-8,10-12,14H,1,9H2,2-5H3,(H,24,30)(H,25,26,27)/t14-/m1/s1. The topological polar surface area (TPSA) is 127 Å². The van der Waals surface area contributed by atoms with Crippen LogP contribution in [0.3, 0.4) is 0 Å². The summed E-state index contributed by atoms with van der Waals surface area (Å²) >= 11 is 0. The van der Waals surface area contributed by atoms with Crippen molar-refractivity contribution in [1.29, 1.82) is 0 Å². The zero-order chi connectivity index (χ0) is 25.0. The number of nitrogens with zero attached hydrogens (tertiary/aromatic N) is 4. The number of aromatic nitrogens is 3. The van der Waals surface area contributed by atoms with Gasteiger partial charge in [0.2, 0.25) is 0 Å². The van der Waals surface area contributed by atoms with Crippen molar-refractivity contribution in [2.24, 2.45) is 4.36 Å². The fourth-order valence-corrected chi connectivity index (χ4v) is 3.60. The molecule has 0 aliphatic rings. The van der Waals surface area contributed by atoms with Gasteiger partial charge in [-0.2, -0.15) is 9.46 Å². The minimum atomic E-state index is -2.64. The van der Waals surface area contributed by atoms with E-state index in [9.17, 15) is 18.2 Å². The van der Waals surface area contributed by atoms with Crippen molar-refractivity contribution < 1.29 is 22.9 Å². The number of carbonyl (C=O) groups is 2. The largest absolute Gasteiger partial charge is 0.479 e. The minimum absolute atomic E-state index is 0.0882. The first-order valence-electron chi connectivity index (χ1n) is 10.2. The summed E-state index contributed by atoms with van der Waals surface area (Å²) in [4.78, 5) is 28.9. The molecule has 12 heteroatoms. The maximum atomic E-state index is 14.0. The van der Waals surface area contributed by atoms with Gasteiger partial charge in [0.05, 0.1) is 11.3 Å². The highest BCUT2D eigenvalue weighted by Crippen LogP contribution is 2.32. The van der Waals surface area contributed by atoms with Crippen molar-refractivity contribution in [3.05, 3.63) is 60.3 Å². The maximum absolute atomic E-state index is 14.0. The molecule has 0 bridgehead atoms. The minimum Gasteiger partial charge on any atom is -0.479 e. The van der Waals surface area contributed by atoms with Crippen LogP contribution in [0.5, 0.6) is 5.75 Å². The van der Waals surface area contributed by atoms with E-state index in [0.29, 0.717) is 22.6 Å². The summed E-state index contributed by atoms with van der Waals surface area (Å²) < 4.78 is 36.8. The van der Waals surface area contributed by atoms with Crippen LogP contribution in [-0.4, -0.2) is 55.8 Å². The van der Waals surface area contributed by atoms with E-state index >= 15 is 0 Å². The zero-order valence-corrected chi connectivity index (χ0v) is 20.0. The van der Waals surface area contributed by atoms with Gasteiger partial charge in [0.15, 0.2) is 11.9 Å². The van der Waals surface area contributed by atoms with Crippen molar-refractivity contribution in [1.82, 2.24) is 19.9 Å². The number of nitrogens with one attached hydrogen (secondary N) is 2. The molecule has 34 heavy (non-hydrogen) atoms. The van der Waals surface area contributed by atoms with Crippen molar-refractivity contribution >= 4 is 38.6 Å². The van der Waals surface area contributed by atoms with Gasteiger partial charge in [-0.05, 0) is 31.5 Å². The van der Waals surface area contributed by atoms with Gasteiger partial charge in [-0.25, -0.2) is 18.1 Å². The third-order valence-corrected chi connectivity index (χ3v) is 5.26. The second-order valence-electron chi connectivity index (χ2n) is 7.71. The van der Waals surface area contributed by atoms with Gasteiger partial charge in [-0.3, -0.25) is 9.59 Å². The van der Waals surface area contributed by atoms with Gasteiger partial charge in [-0.1, -0.05) is 6.08 Å². The van der Waals surface area contributed by atoms with Crippen LogP contribution in [-0.2, 0) is 14.5 Å². The van der Waals surface area contributed by atoms with Crippen LogP contribution in [0.1, 0.15) is 22.8 Å². The van der Waals surface area contributed by atoms with Crippen LogP contribution >= 0.6 is 0 Å². The number of fused-ring (bicyclic) bond motifs is 1. The molecular weight excluding hydrogens is 463 g/mol. The molecule has 0 radical (unpaired) electrons. The van der Waals surface area contributed by atoms with Crippen LogP contribution in [0.2, 0.25) is 0 Å². The first kappa shape index (κ1) is 24.8. The molecule has 0 spiro atoms. The molecule has 3 rings (SSSR count). The molecule has 1 aromatic carbocycles. The monoisotopic (exact) mass is 488 g/mol. The van der Waals surface area contributed by atoms with E-state index in [1.807, 2.05) is 0 Å². The van der Waals surface area contributed by atoms with Crippen LogP contribution in [0, 0.1) is 12.7 Å². The number of hydrogen-bond donors (Lipinski definition) is 2. The predicted octanol–water partition coefficient (Wildman–Crippen LogP) is 2.86. The molecule has 0 aliphatic heterocycles. The SMILES string of the molecule is C=CCNC(=O)[C@@H](C)Oc1cc(F)ccc1Nc1ncnn2cc(C(=O)N=S(C)(C)=O)c(C)c12. The van der Waals surface area contributed by atoms with Crippen LogP contribution in [0.25, 0.3) is 5.52 Å². The molecule has 2 N–H and O–H groups in total. The Morgan fingerprint density at radius 3 is 2.79 bits per heavy atom. The summed E-state index contributed by atoms with van der Waals surface area (Å²) in [6.45, 7) is 7.03. The number of ether oxygens (including phenoxy) is 1. The van der Waals surface area contributed by atoms with E-state index in [-0.39, 0.29) is 17.9 Å². The lowest BCUT2D eigenvalue weighted by atomic mass is 10.2. The van der Waals surface area contributed by atoms with E-state index in [4.69, 9.17) is 4.74 Å². The smallest absolute Gasteiger partial charge is 0.286 e. The molecule has 180 valence electrons. The van der Waals surface area contributed by atoms with E-state index in [2.05, 4.69) is 31.7 Å². The Morgan fingerprint density at radius 1 is 1.38 bits per heavy atom. The van der Waals surface area contributed by atoms with Crippen LogP contribution in [0.15, 0.2) is 47.7 Å². The molecule has 1 atom stereocenters. The summed E-state index contributed by atoms with van der Waals surface area (Å²) in [7, 11) is -2.64. The van der Waals surface area contributed by atoms with Gasteiger partial charge in [-0.15, -0.1) is 6.58 Å². The average molecular weight is 489 g/mol. The fraction of sp³-hybridized carbons (Fsp3) is 0.273. The van der Waals surface area contributed by atoms with Crippen molar-refractivity contribution in [2.45, 2.75) is 20.0 Å². The molecule has 0 aliphatic carbocycles. The van der Waals surface area contributed by atoms with Gasteiger partial charge in [0.1, 0.15) is 23.4 Å². The molecule has 0 fully saturated rings. The fourth-order valence-electron chi connectivity index (χ4n) is 3.10. The molecule has 2 heterocycles. The van der Waals surface area contributed by atoms with E-state index in [1.165, 1.54) is 54.7 Å².